The van der Waals surface area contributed by atoms with Gasteiger partial charge in [0, 0.05) is 18.2 Å². The van der Waals surface area contributed by atoms with Crippen LogP contribution in [0.4, 0.5) is 4.39 Å². The fourth-order valence-electron chi connectivity index (χ4n) is 1.12. The van der Waals surface area contributed by atoms with E-state index in [2.05, 4.69) is 0 Å². The molecule has 0 aliphatic carbocycles. The average molecular weight is 183 g/mol. The number of hydrogen-bond acceptors (Lipinski definition) is 2. The lowest BCUT2D eigenvalue weighted by Crippen LogP contribution is -2.11. The minimum absolute atomic E-state index is 0.215. The zero-order valence-corrected chi connectivity index (χ0v) is 8.17. The summed E-state index contributed by atoms with van der Waals surface area (Å²) in [6.45, 7) is 0.607. The molecule has 1 aromatic carbocycles. The molecule has 1 aromatic rings. The maximum atomic E-state index is 13.3. The van der Waals surface area contributed by atoms with Crippen LogP contribution < -0.4 is 4.74 Å². The summed E-state index contributed by atoms with van der Waals surface area (Å²) in [4.78, 5) is 1.92. The van der Waals surface area contributed by atoms with Gasteiger partial charge in [-0.25, -0.2) is 4.39 Å². The minimum Gasteiger partial charge on any atom is -0.497 e. The molecule has 0 fully saturated rings. The van der Waals surface area contributed by atoms with E-state index in [1.807, 2.05) is 19.0 Å². The van der Waals surface area contributed by atoms with Crippen LogP contribution in [0.15, 0.2) is 18.2 Å². The molecule has 0 amide bonds. The molecule has 0 saturated heterocycles. The standard InChI is InChI=1S/C10H14FNO/c1-12(2)7-8-4-5-9(13-3)6-10(8)11/h4-6H,7H2,1-3H3. The molecular formula is C10H14FNO. The number of methoxy groups -OCH3 is 1. The van der Waals surface area contributed by atoms with Gasteiger partial charge in [0.15, 0.2) is 0 Å². The van der Waals surface area contributed by atoms with Gasteiger partial charge in [0.2, 0.25) is 0 Å². The van der Waals surface area contributed by atoms with Crippen molar-refractivity contribution >= 4 is 0 Å². The van der Waals surface area contributed by atoms with E-state index in [1.54, 1.807) is 12.1 Å². The van der Waals surface area contributed by atoms with E-state index >= 15 is 0 Å². The molecule has 1 rings (SSSR count). The van der Waals surface area contributed by atoms with Crippen LogP contribution in [0.3, 0.4) is 0 Å². The highest BCUT2D eigenvalue weighted by atomic mass is 19.1. The van der Waals surface area contributed by atoms with E-state index in [4.69, 9.17) is 4.74 Å². The van der Waals surface area contributed by atoms with Crippen LogP contribution in [0.5, 0.6) is 5.75 Å². The van der Waals surface area contributed by atoms with Gasteiger partial charge in [0.25, 0.3) is 0 Å². The second-order valence-corrected chi connectivity index (χ2v) is 3.20. The van der Waals surface area contributed by atoms with Crippen LogP contribution in [0.1, 0.15) is 5.56 Å². The van der Waals surface area contributed by atoms with E-state index in [0.29, 0.717) is 17.9 Å². The van der Waals surface area contributed by atoms with Crippen LogP contribution in [0.25, 0.3) is 0 Å². The molecule has 0 atom stereocenters. The third kappa shape index (κ3) is 2.70. The summed E-state index contributed by atoms with van der Waals surface area (Å²) < 4.78 is 18.2. The Hall–Kier alpha value is -1.09. The predicted molar refractivity (Wildman–Crippen MR) is 50.3 cm³/mol. The first-order valence-electron chi connectivity index (χ1n) is 4.10. The fraction of sp³-hybridized carbons (Fsp3) is 0.400. The van der Waals surface area contributed by atoms with Gasteiger partial charge < -0.3 is 9.64 Å². The lowest BCUT2D eigenvalue weighted by molar-refractivity contribution is 0.387. The van der Waals surface area contributed by atoms with Crippen LogP contribution in [-0.4, -0.2) is 26.1 Å². The molecule has 0 N–H and O–H groups in total. The fourth-order valence-corrected chi connectivity index (χ4v) is 1.12. The second kappa shape index (κ2) is 4.23. The van der Waals surface area contributed by atoms with E-state index in [9.17, 15) is 4.39 Å². The van der Waals surface area contributed by atoms with Crippen molar-refractivity contribution < 1.29 is 9.13 Å². The molecule has 0 unspecified atom stereocenters. The lowest BCUT2D eigenvalue weighted by Gasteiger charge is -2.10. The van der Waals surface area contributed by atoms with Gasteiger partial charge >= 0.3 is 0 Å². The van der Waals surface area contributed by atoms with Crippen molar-refractivity contribution in [3.63, 3.8) is 0 Å². The Balaban J connectivity index is 2.85. The Bertz CT molecular complexity index is 286. The van der Waals surface area contributed by atoms with E-state index in [0.717, 1.165) is 0 Å². The molecule has 0 saturated carbocycles. The second-order valence-electron chi connectivity index (χ2n) is 3.20. The first-order valence-corrected chi connectivity index (χ1v) is 4.10. The Labute approximate surface area is 77.9 Å². The van der Waals surface area contributed by atoms with Crippen LogP contribution >= 0.6 is 0 Å². The van der Waals surface area contributed by atoms with Crippen molar-refractivity contribution in [3.8, 4) is 5.75 Å². The predicted octanol–water partition coefficient (Wildman–Crippen LogP) is 1.90. The third-order valence-corrected chi connectivity index (χ3v) is 1.75. The number of ether oxygens (including phenoxy) is 1. The Morgan fingerprint density at radius 2 is 2.08 bits per heavy atom. The summed E-state index contributed by atoms with van der Waals surface area (Å²) in [6, 6.07) is 4.91. The molecule has 0 aromatic heterocycles. The van der Waals surface area contributed by atoms with Crippen molar-refractivity contribution in [2.24, 2.45) is 0 Å². The molecule has 0 aliphatic rings. The molecule has 13 heavy (non-hydrogen) atoms. The third-order valence-electron chi connectivity index (χ3n) is 1.75. The van der Waals surface area contributed by atoms with Gasteiger partial charge in [-0.3, -0.25) is 0 Å². The Kier molecular flexibility index (Phi) is 3.25. The van der Waals surface area contributed by atoms with Gasteiger partial charge in [-0.15, -0.1) is 0 Å². The van der Waals surface area contributed by atoms with Gasteiger partial charge in [-0.05, 0) is 20.2 Å². The topological polar surface area (TPSA) is 12.5 Å². The maximum Gasteiger partial charge on any atom is 0.131 e. The van der Waals surface area contributed by atoms with Crippen LogP contribution in [0, 0.1) is 5.82 Å². The molecule has 0 spiro atoms. The number of nitrogens with zero attached hydrogens (tertiary/aromatic N) is 1. The smallest absolute Gasteiger partial charge is 0.131 e. The van der Waals surface area contributed by atoms with Crippen molar-refractivity contribution in [2.45, 2.75) is 6.54 Å². The number of rotatable bonds is 3. The highest BCUT2D eigenvalue weighted by Crippen LogP contribution is 2.16. The number of benzene rings is 1. The summed E-state index contributed by atoms with van der Waals surface area (Å²) in [6.07, 6.45) is 0. The molecule has 2 nitrogen and oxygen atoms in total. The lowest BCUT2D eigenvalue weighted by atomic mass is 10.2. The largest absolute Gasteiger partial charge is 0.497 e. The molecular weight excluding hydrogens is 169 g/mol. The Morgan fingerprint density at radius 1 is 1.38 bits per heavy atom. The zero-order chi connectivity index (χ0) is 9.84. The molecule has 72 valence electrons. The van der Waals surface area contributed by atoms with Crippen molar-refractivity contribution in [3.05, 3.63) is 29.6 Å². The Morgan fingerprint density at radius 3 is 2.54 bits per heavy atom. The van der Waals surface area contributed by atoms with E-state index < -0.39 is 0 Å². The summed E-state index contributed by atoms with van der Waals surface area (Å²) in [5.74, 6) is 0.341. The summed E-state index contributed by atoms with van der Waals surface area (Å²) in [5.41, 5.74) is 0.686. The van der Waals surface area contributed by atoms with Crippen LogP contribution in [-0.2, 0) is 6.54 Å². The van der Waals surface area contributed by atoms with Crippen molar-refractivity contribution in [1.29, 1.82) is 0 Å². The minimum atomic E-state index is -0.215. The first kappa shape index (κ1) is 9.99. The van der Waals surface area contributed by atoms with E-state index in [-0.39, 0.29) is 5.82 Å². The van der Waals surface area contributed by atoms with Crippen molar-refractivity contribution in [1.82, 2.24) is 4.90 Å². The zero-order valence-electron chi connectivity index (χ0n) is 8.17. The average Bonchev–Trinajstić information content (AvgIpc) is 2.08. The van der Waals surface area contributed by atoms with Gasteiger partial charge in [0.05, 0.1) is 7.11 Å². The van der Waals surface area contributed by atoms with Gasteiger partial charge in [-0.2, -0.15) is 0 Å². The highest BCUT2D eigenvalue weighted by molar-refractivity contribution is 5.28. The molecule has 0 bridgehead atoms. The van der Waals surface area contributed by atoms with Crippen molar-refractivity contribution in [2.75, 3.05) is 21.2 Å². The van der Waals surface area contributed by atoms with Gasteiger partial charge in [-0.1, -0.05) is 6.07 Å². The normalized spacial score (nSPS) is 10.5. The summed E-state index contributed by atoms with van der Waals surface area (Å²) in [7, 11) is 5.34. The molecule has 0 heterocycles. The quantitative estimate of drug-likeness (QED) is 0.709. The molecule has 3 heteroatoms. The molecule has 0 radical (unpaired) electrons. The summed E-state index contributed by atoms with van der Waals surface area (Å²) >= 11 is 0. The number of halogens is 1. The summed E-state index contributed by atoms with van der Waals surface area (Å²) in [5, 5.41) is 0. The number of hydrogen-bond donors (Lipinski definition) is 0. The van der Waals surface area contributed by atoms with E-state index in [1.165, 1.54) is 13.2 Å². The monoisotopic (exact) mass is 183 g/mol. The highest BCUT2D eigenvalue weighted by Gasteiger charge is 2.04. The van der Waals surface area contributed by atoms with Crippen LogP contribution in [0.2, 0.25) is 0 Å². The first-order chi connectivity index (χ1) is 6.13. The van der Waals surface area contributed by atoms with Gasteiger partial charge in [0.1, 0.15) is 11.6 Å². The molecule has 0 aliphatic heterocycles. The maximum absolute atomic E-state index is 13.3. The SMILES string of the molecule is COc1ccc(CN(C)C)c(F)c1.